The van der Waals surface area contributed by atoms with Gasteiger partial charge in [0.1, 0.15) is 18.2 Å². The van der Waals surface area contributed by atoms with Crippen molar-refractivity contribution in [3.05, 3.63) is 64.9 Å². The Bertz CT molecular complexity index is 485. The Hall–Kier alpha value is -1.54. The van der Waals surface area contributed by atoms with Crippen LogP contribution in [0.4, 0.5) is 4.39 Å². The molecule has 0 amide bonds. The van der Waals surface area contributed by atoms with Crippen LogP contribution in [-0.4, -0.2) is 0 Å². The van der Waals surface area contributed by atoms with Gasteiger partial charge in [-0.3, -0.25) is 0 Å². The molecule has 0 saturated heterocycles. The molecule has 0 unspecified atom stereocenters. The molecule has 0 aliphatic carbocycles. The number of ether oxygens (including phenoxy) is 1. The lowest BCUT2D eigenvalue weighted by Gasteiger charge is -2.07. The van der Waals surface area contributed by atoms with Crippen molar-refractivity contribution in [2.24, 2.45) is 0 Å². The van der Waals surface area contributed by atoms with Crippen LogP contribution in [-0.2, 0) is 6.61 Å². The van der Waals surface area contributed by atoms with Crippen molar-refractivity contribution in [3.63, 3.8) is 0 Å². The molecule has 81 valence electrons. The number of rotatable bonds is 3. The molecule has 0 aromatic heterocycles. The minimum Gasteiger partial charge on any atom is -0.489 e. The monoisotopic (exact) mass is 235 g/mol. The Kier molecular flexibility index (Phi) is 3.42. The van der Waals surface area contributed by atoms with Crippen molar-refractivity contribution in [1.82, 2.24) is 0 Å². The summed E-state index contributed by atoms with van der Waals surface area (Å²) in [5.41, 5.74) is 0.873. The molecule has 1 radical (unpaired) electrons. The van der Waals surface area contributed by atoms with E-state index in [0.29, 0.717) is 17.4 Å². The van der Waals surface area contributed by atoms with Gasteiger partial charge >= 0.3 is 0 Å². The maximum atomic E-state index is 12.8. The number of halogens is 2. The second kappa shape index (κ2) is 4.99. The van der Waals surface area contributed by atoms with Crippen LogP contribution in [0.2, 0.25) is 5.02 Å². The zero-order valence-electron chi connectivity index (χ0n) is 8.41. The molecule has 16 heavy (non-hydrogen) atoms. The SMILES string of the molecule is Fc1[c]ccc(OCc2ccccc2Cl)c1. The molecule has 2 rings (SSSR count). The zero-order chi connectivity index (χ0) is 11.4. The smallest absolute Gasteiger partial charge is 0.134 e. The Balaban J connectivity index is 2.05. The van der Waals surface area contributed by atoms with E-state index in [-0.39, 0.29) is 0 Å². The predicted octanol–water partition coefficient (Wildman–Crippen LogP) is 3.86. The molecule has 0 aliphatic heterocycles. The third-order valence-electron chi connectivity index (χ3n) is 2.09. The van der Waals surface area contributed by atoms with Crippen LogP contribution >= 0.6 is 11.6 Å². The molecule has 2 aromatic carbocycles. The van der Waals surface area contributed by atoms with E-state index in [4.69, 9.17) is 16.3 Å². The Labute approximate surface area is 98.4 Å². The highest BCUT2D eigenvalue weighted by atomic mass is 35.5. The van der Waals surface area contributed by atoms with Gasteiger partial charge in [0.25, 0.3) is 0 Å². The van der Waals surface area contributed by atoms with E-state index in [9.17, 15) is 4.39 Å². The van der Waals surface area contributed by atoms with Gasteiger partial charge in [-0.2, -0.15) is 0 Å². The van der Waals surface area contributed by atoms with Gasteiger partial charge in [-0.05, 0) is 18.2 Å². The normalized spacial score (nSPS) is 10.1. The molecule has 0 atom stereocenters. The fraction of sp³-hybridized carbons (Fsp3) is 0.0769. The van der Waals surface area contributed by atoms with Crippen LogP contribution in [0.3, 0.4) is 0 Å². The highest BCUT2D eigenvalue weighted by Gasteiger charge is 2.01. The van der Waals surface area contributed by atoms with Gasteiger partial charge < -0.3 is 4.74 Å². The van der Waals surface area contributed by atoms with Gasteiger partial charge in [-0.25, -0.2) is 4.39 Å². The van der Waals surface area contributed by atoms with Crippen LogP contribution < -0.4 is 4.74 Å². The summed E-state index contributed by atoms with van der Waals surface area (Å²) in [7, 11) is 0. The van der Waals surface area contributed by atoms with Crippen LogP contribution in [0.1, 0.15) is 5.56 Å². The Morgan fingerprint density at radius 1 is 1.25 bits per heavy atom. The lowest BCUT2D eigenvalue weighted by atomic mass is 10.2. The van der Waals surface area contributed by atoms with Gasteiger partial charge in [-0.1, -0.05) is 29.8 Å². The molecular weight excluding hydrogens is 227 g/mol. The highest BCUT2D eigenvalue weighted by molar-refractivity contribution is 6.31. The minimum atomic E-state index is -0.434. The lowest BCUT2D eigenvalue weighted by Crippen LogP contribution is -1.96. The summed E-state index contributed by atoms with van der Waals surface area (Å²) >= 11 is 5.96. The maximum absolute atomic E-state index is 12.8. The maximum Gasteiger partial charge on any atom is 0.134 e. The zero-order valence-corrected chi connectivity index (χ0v) is 9.17. The number of hydrogen-bond donors (Lipinski definition) is 0. The largest absolute Gasteiger partial charge is 0.489 e. The molecule has 0 spiro atoms. The average molecular weight is 236 g/mol. The van der Waals surface area contributed by atoms with Crippen molar-refractivity contribution in [3.8, 4) is 5.75 Å². The van der Waals surface area contributed by atoms with Gasteiger partial charge in [0.05, 0.1) is 0 Å². The third kappa shape index (κ3) is 2.74. The molecule has 0 aliphatic rings. The molecule has 0 N–H and O–H groups in total. The summed E-state index contributed by atoms with van der Waals surface area (Å²) < 4.78 is 18.2. The van der Waals surface area contributed by atoms with E-state index < -0.39 is 5.82 Å². The van der Waals surface area contributed by atoms with Crippen molar-refractivity contribution in [2.45, 2.75) is 6.61 Å². The molecule has 0 bridgehead atoms. The minimum absolute atomic E-state index is 0.323. The van der Waals surface area contributed by atoms with E-state index >= 15 is 0 Å². The summed E-state index contributed by atoms with van der Waals surface area (Å²) in [6, 6.07) is 14.2. The fourth-order valence-electron chi connectivity index (χ4n) is 1.28. The summed E-state index contributed by atoms with van der Waals surface area (Å²) in [6.07, 6.45) is 0. The van der Waals surface area contributed by atoms with Crippen LogP contribution in [0.5, 0.6) is 5.75 Å². The van der Waals surface area contributed by atoms with E-state index in [1.165, 1.54) is 12.1 Å². The van der Waals surface area contributed by atoms with E-state index in [0.717, 1.165) is 5.56 Å². The van der Waals surface area contributed by atoms with Crippen LogP contribution in [0.25, 0.3) is 0 Å². The van der Waals surface area contributed by atoms with Gasteiger partial charge in [0.15, 0.2) is 0 Å². The second-order valence-electron chi connectivity index (χ2n) is 3.25. The average Bonchev–Trinajstić information content (AvgIpc) is 2.28. The number of hydrogen-bond acceptors (Lipinski definition) is 1. The quantitative estimate of drug-likeness (QED) is 0.785. The Morgan fingerprint density at radius 2 is 2.06 bits per heavy atom. The van der Waals surface area contributed by atoms with E-state index in [1.54, 1.807) is 12.1 Å². The summed E-state index contributed by atoms with van der Waals surface area (Å²) in [6.45, 7) is 0.323. The standard InChI is InChI=1S/C13H9ClFO/c14-13-7-2-1-4-10(13)9-16-12-6-3-5-11(15)8-12/h1-4,6-8H,9H2. The third-order valence-corrected chi connectivity index (χ3v) is 2.46. The van der Waals surface area contributed by atoms with Crippen molar-refractivity contribution >= 4 is 11.6 Å². The lowest BCUT2D eigenvalue weighted by molar-refractivity contribution is 0.304. The van der Waals surface area contributed by atoms with Crippen molar-refractivity contribution in [2.75, 3.05) is 0 Å². The molecule has 1 nitrogen and oxygen atoms in total. The second-order valence-corrected chi connectivity index (χ2v) is 3.66. The summed E-state index contributed by atoms with van der Waals surface area (Å²) in [5.74, 6) is 0.0350. The fourth-order valence-corrected chi connectivity index (χ4v) is 1.47. The molecule has 0 saturated carbocycles. The van der Waals surface area contributed by atoms with E-state index in [1.807, 2.05) is 18.2 Å². The molecular formula is C13H9ClFO. The van der Waals surface area contributed by atoms with Gasteiger partial charge in [0, 0.05) is 22.7 Å². The van der Waals surface area contributed by atoms with Crippen LogP contribution in [0.15, 0.2) is 42.5 Å². The van der Waals surface area contributed by atoms with Crippen molar-refractivity contribution in [1.29, 1.82) is 0 Å². The molecule has 0 heterocycles. The first-order valence-corrected chi connectivity index (χ1v) is 5.17. The highest BCUT2D eigenvalue weighted by Crippen LogP contribution is 2.18. The first-order chi connectivity index (χ1) is 7.75. The first kappa shape index (κ1) is 11.0. The summed E-state index contributed by atoms with van der Waals surface area (Å²) in [4.78, 5) is 0. The van der Waals surface area contributed by atoms with Crippen molar-refractivity contribution < 1.29 is 9.13 Å². The first-order valence-electron chi connectivity index (χ1n) is 4.79. The summed E-state index contributed by atoms with van der Waals surface area (Å²) in [5, 5.41) is 0.644. The van der Waals surface area contributed by atoms with Gasteiger partial charge in [-0.15, -0.1) is 0 Å². The van der Waals surface area contributed by atoms with Gasteiger partial charge in [0.2, 0.25) is 0 Å². The van der Waals surface area contributed by atoms with E-state index in [2.05, 4.69) is 6.07 Å². The molecule has 3 heteroatoms. The topological polar surface area (TPSA) is 9.23 Å². The van der Waals surface area contributed by atoms with Crippen LogP contribution in [0, 0.1) is 11.9 Å². The number of benzene rings is 2. The predicted molar refractivity (Wildman–Crippen MR) is 61.0 cm³/mol. The molecule has 2 aromatic rings. The molecule has 0 fully saturated rings. The Morgan fingerprint density at radius 3 is 2.81 bits per heavy atom.